The van der Waals surface area contributed by atoms with Crippen LogP contribution in [0.3, 0.4) is 0 Å². The molecule has 0 saturated heterocycles. The van der Waals surface area contributed by atoms with Crippen molar-refractivity contribution in [2.75, 3.05) is 33.5 Å². The predicted octanol–water partition coefficient (Wildman–Crippen LogP) is 0.896. The molecule has 6 nitrogen and oxygen atoms in total. The summed E-state index contributed by atoms with van der Waals surface area (Å²) < 4.78 is 32.4. The monoisotopic (exact) mass is 301 g/mol. The maximum absolute atomic E-state index is 12.3. The summed E-state index contributed by atoms with van der Waals surface area (Å²) in [6, 6.07) is 4.47. The van der Waals surface area contributed by atoms with Crippen molar-refractivity contribution >= 4 is 15.7 Å². The molecule has 0 unspecified atom stereocenters. The lowest BCUT2D eigenvalue weighted by atomic mass is 10.1. The predicted molar refractivity (Wildman–Crippen MR) is 80.4 cm³/mol. The first-order valence-electron chi connectivity index (χ1n) is 6.21. The molecular weight excluding hydrogens is 278 g/mol. The number of rotatable bonds is 6. The van der Waals surface area contributed by atoms with Gasteiger partial charge in [0.15, 0.2) is 0 Å². The van der Waals surface area contributed by atoms with Crippen LogP contribution in [0.2, 0.25) is 0 Å². The number of ether oxygens (including phenoxy) is 1. The first-order chi connectivity index (χ1) is 9.10. The summed E-state index contributed by atoms with van der Waals surface area (Å²) in [5.41, 5.74) is 5.78. The van der Waals surface area contributed by atoms with Crippen molar-refractivity contribution in [2.24, 2.45) is 0 Å². The Morgan fingerprint density at radius 3 is 2.45 bits per heavy atom. The maximum Gasteiger partial charge on any atom is 0.244 e. The minimum Gasteiger partial charge on any atom is -0.495 e. The summed E-state index contributed by atoms with van der Waals surface area (Å²) in [5.74, 6) is 0.236. The van der Waals surface area contributed by atoms with Crippen LogP contribution in [-0.2, 0) is 10.0 Å². The number of likely N-dealkylation sites (N-methyl/N-ethyl adjacent to an activating group) is 1. The van der Waals surface area contributed by atoms with Crippen LogP contribution < -0.4 is 15.2 Å². The van der Waals surface area contributed by atoms with Gasteiger partial charge in [0.25, 0.3) is 0 Å². The van der Waals surface area contributed by atoms with Gasteiger partial charge in [0, 0.05) is 23.8 Å². The Morgan fingerprint density at radius 2 is 1.95 bits per heavy atom. The molecule has 0 fully saturated rings. The number of hydrogen-bond acceptors (Lipinski definition) is 5. The van der Waals surface area contributed by atoms with Crippen LogP contribution in [0.15, 0.2) is 23.1 Å². The van der Waals surface area contributed by atoms with Crippen LogP contribution in [0.1, 0.15) is 13.8 Å². The molecule has 1 rings (SSSR count). The van der Waals surface area contributed by atoms with Crippen LogP contribution in [-0.4, -0.2) is 46.6 Å². The highest BCUT2D eigenvalue weighted by molar-refractivity contribution is 7.89. The molecule has 114 valence electrons. The van der Waals surface area contributed by atoms with Gasteiger partial charge in [0.05, 0.1) is 7.11 Å². The zero-order chi connectivity index (χ0) is 15.6. The number of anilines is 1. The van der Waals surface area contributed by atoms with Crippen LogP contribution in [0.4, 0.5) is 5.69 Å². The highest BCUT2D eigenvalue weighted by Crippen LogP contribution is 2.26. The van der Waals surface area contributed by atoms with Crippen molar-refractivity contribution in [1.82, 2.24) is 9.62 Å². The van der Waals surface area contributed by atoms with Crippen molar-refractivity contribution in [3.8, 4) is 5.75 Å². The fourth-order valence-electron chi connectivity index (χ4n) is 1.41. The minimum absolute atomic E-state index is 0.0868. The Bertz CT molecular complexity index is 568. The lowest BCUT2D eigenvalue weighted by molar-refractivity contribution is 0.199. The number of nitrogens with one attached hydrogen (secondary N) is 1. The second-order valence-electron chi connectivity index (χ2n) is 5.44. The third kappa shape index (κ3) is 3.84. The van der Waals surface area contributed by atoms with Gasteiger partial charge in [0.1, 0.15) is 10.6 Å². The molecule has 0 amide bonds. The van der Waals surface area contributed by atoms with Crippen LogP contribution in [0, 0.1) is 0 Å². The van der Waals surface area contributed by atoms with Gasteiger partial charge in [-0.15, -0.1) is 0 Å². The number of benzene rings is 1. The second-order valence-corrected chi connectivity index (χ2v) is 7.18. The number of nitrogen functional groups attached to an aromatic ring is 1. The molecule has 1 aromatic rings. The SMILES string of the molecule is COc1cc(N)ccc1S(=O)(=O)NCC(C)(C)N(C)C. The summed E-state index contributed by atoms with van der Waals surface area (Å²) >= 11 is 0. The minimum atomic E-state index is -3.64. The molecule has 0 aromatic heterocycles. The number of hydrogen-bond donors (Lipinski definition) is 2. The highest BCUT2D eigenvalue weighted by atomic mass is 32.2. The fourth-order valence-corrected chi connectivity index (χ4v) is 2.77. The van der Waals surface area contributed by atoms with E-state index in [4.69, 9.17) is 10.5 Å². The Balaban J connectivity index is 3.01. The van der Waals surface area contributed by atoms with Gasteiger partial charge < -0.3 is 15.4 Å². The topological polar surface area (TPSA) is 84.7 Å². The van der Waals surface area contributed by atoms with Crippen molar-refractivity contribution in [3.63, 3.8) is 0 Å². The standard InChI is InChI=1S/C13H23N3O3S/c1-13(2,16(3)4)9-15-20(17,18)12-7-6-10(14)8-11(12)19-5/h6-8,15H,9,14H2,1-5H3. The molecule has 0 bridgehead atoms. The third-order valence-electron chi connectivity index (χ3n) is 3.38. The van der Waals surface area contributed by atoms with Gasteiger partial charge in [-0.05, 0) is 40.1 Å². The summed E-state index contributed by atoms with van der Waals surface area (Å²) in [4.78, 5) is 2.04. The summed E-state index contributed by atoms with van der Waals surface area (Å²) in [5, 5.41) is 0. The van der Waals surface area contributed by atoms with Crippen molar-refractivity contribution in [2.45, 2.75) is 24.3 Å². The van der Waals surface area contributed by atoms with Gasteiger partial charge in [-0.1, -0.05) is 0 Å². The molecule has 0 saturated carbocycles. The molecule has 3 N–H and O–H groups in total. The molecular formula is C13H23N3O3S. The zero-order valence-corrected chi connectivity index (χ0v) is 13.4. The van der Waals surface area contributed by atoms with Gasteiger partial charge in [-0.2, -0.15) is 0 Å². The molecule has 0 radical (unpaired) electrons. The van der Waals surface area contributed by atoms with E-state index in [0.717, 1.165) is 0 Å². The summed E-state index contributed by atoms with van der Waals surface area (Å²) in [6.07, 6.45) is 0. The Kier molecular flexibility index (Phi) is 5.01. The average Bonchev–Trinajstić information content (AvgIpc) is 2.36. The van der Waals surface area contributed by atoms with E-state index in [-0.39, 0.29) is 22.7 Å². The maximum atomic E-state index is 12.3. The van der Waals surface area contributed by atoms with E-state index < -0.39 is 10.0 Å². The molecule has 0 spiro atoms. The lowest BCUT2D eigenvalue weighted by Gasteiger charge is -2.32. The number of nitrogens with two attached hydrogens (primary N) is 1. The molecule has 0 aliphatic heterocycles. The van der Waals surface area contributed by atoms with Crippen LogP contribution in [0.25, 0.3) is 0 Å². The Labute approximate surface area is 121 Å². The molecule has 0 aliphatic carbocycles. The van der Waals surface area contributed by atoms with E-state index in [2.05, 4.69) is 4.72 Å². The van der Waals surface area contributed by atoms with Gasteiger partial charge in [0.2, 0.25) is 10.0 Å². The molecule has 0 aliphatic rings. The van der Waals surface area contributed by atoms with E-state index in [1.165, 1.54) is 25.3 Å². The smallest absolute Gasteiger partial charge is 0.244 e. The highest BCUT2D eigenvalue weighted by Gasteiger charge is 2.25. The molecule has 0 atom stereocenters. The lowest BCUT2D eigenvalue weighted by Crippen LogP contribution is -2.48. The van der Waals surface area contributed by atoms with Gasteiger partial charge in [-0.3, -0.25) is 0 Å². The van der Waals surface area contributed by atoms with Crippen molar-refractivity contribution < 1.29 is 13.2 Å². The summed E-state index contributed by atoms with van der Waals surface area (Å²) in [7, 11) is 1.57. The van der Waals surface area contributed by atoms with E-state index in [9.17, 15) is 8.42 Å². The normalized spacial score (nSPS) is 12.7. The molecule has 20 heavy (non-hydrogen) atoms. The molecule has 7 heteroatoms. The average molecular weight is 301 g/mol. The van der Waals surface area contributed by atoms with E-state index in [1.54, 1.807) is 0 Å². The number of methoxy groups -OCH3 is 1. The number of nitrogens with zero attached hydrogens (tertiary/aromatic N) is 1. The zero-order valence-electron chi connectivity index (χ0n) is 12.6. The fraction of sp³-hybridized carbons (Fsp3) is 0.538. The Morgan fingerprint density at radius 1 is 1.35 bits per heavy atom. The van der Waals surface area contributed by atoms with E-state index >= 15 is 0 Å². The first-order valence-corrected chi connectivity index (χ1v) is 7.69. The van der Waals surface area contributed by atoms with Crippen LogP contribution in [0.5, 0.6) is 5.75 Å². The van der Waals surface area contributed by atoms with Crippen molar-refractivity contribution in [3.05, 3.63) is 18.2 Å². The largest absolute Gasteiger partial charge is 0.495 e. The molecule has 1 aromatic carbocycles. The molecule has 0 heterocycles. The Hall–Kier alpha value is -1.31. The van der Waals surface area contributed by atoms with Gasteiger partial charge in [-0.25, -0.2) is 13.1 Å². The third-order valence-corrected chi connectivity index (χ3v) is 4.82. The van der Waals surface area contributed by atoms with Crippen molar-refractivity contribution in [1.29, 1.82) is 0 Å². The number of sulfonamides is 1. The quantitative estimate of drug-likeness (QED) is 0.763. The van der Waals surface area contributed by atoms with Gasteiger partial charge >= 0.3 is 0 Å². The first kappa shape index (κ1) is 16.7. The second kappa shape index (κ2) is 5.99. The summed E-state index contributed by atoms with van der Waals surface area (Å²) in [6.45, 7) is 4.20. The van der Waals surface area contributed by atoms with Crippen LogP contribution >= 0.6 is 0 Å². The van der Waals surface area contributed by atoms with E-state index in [1.807, 2.05) is 32.8 Å². The van der Waals surface area contributed by atoms with E-state index in [0.29, 0.717) is 5.69 Å².